The molecular weight excluding hydrogens is 283 g/mol. The molecule has 1 aromatic carbocycles. The smallest absolute Gasteiger partial charge is 0.314 e. The lowest BCUT2D eigenvalue weighted by atomic mass is 10.1. The van der Waals surface area contributed by atoms with Crippen LogP contribution in [0.3, 0.4) is 0 Å². The Balaban J connectivity index is 1.96. The molecule has 1 rings (SSSR count). The number of amides is 2. The van der Waals surface area contributed by atoms with Crippen molar-refractivity contribution in [2.75, 3.05) is 19.7 Å². The third-order valence-corrected chi connectivity index (χ3v) is 3.30. The minimum atomic E-state index is -0.393. The lowest BCUT2D eigenvalue weighted by molar-refractivity contribution is 0.235. The van der Waals surface area contributed by atoms with Crippen molar-refractivity contribution in [1.29, 1.82) is 0 Å². The van der Waals surface area contributed by atoms with Crippen LogP contribution in [0.2, 0.25) is 0 Å². The van der Waals surface area contributed by atoms with E-state index in [1.807, 2.05) is 0 Å². The van der Waals surface area contributed by atoms with Crippen LogP contribution < -0.4 is 15.4 Å². The maximum absolute atomic E-state index is 13.3. The molecule has 22 heavy (non-hydrogen) atoms. The van der Waals surface area contributed by atoms with Gasteiger partial charge in [-0.2, -0.15) is 0 Å². The summed E-state index contributed by atoms with van der Waals surface area (Å²) in [5.74, 6) is -0.188. The topological polar surface area (TPSA) is 50.4 Å². The number of benzene rings is 1. The molecule has 0 atom stereocenters. The van der Waals surface area contributed by atoms with E-state index >= 15 is 0 Å². The van der Waals surface area contributed by atoms with Gasteiger partial charge in [-0.1, -0.05) is 51.2 Å². The van der Waals surface area contributed by atoms with Crippen molar-refractivity contribution < 1.29 is 13.9 Å². The molecule has 0 saturated carbocycles. The zero-order valence-corrected chi connectivity index (χ0v) is 13.4. The van der Waals surface area contributed by atoms with Gasteiger partial charge in [0.25, 0.3) is 0 Å². The molecule has 0 saturated heterocycles. The van der Waals surface area contributed by atoms with E-state index in [0.29, 0.717) is 13.1 Å². The number of unbranched alkanes of at least 4 members (excludes halogenated alkanes) is 5. The van der Waals surface area contributed by atoms with Gasteiger partial charge >= 0.3 is 6.03 Å². The number of rotatable bonds is 11. The molecule has 2 amide bonds. The lowest BCUT2D eigenvalue weighted by Crippen LogP contribution is -2.38. The first-order chi connectivity index (χ1) is 10.7. The van der Waals surface area contributed by atoms with Crippen LogP contribution in [0.5, 0.6) is 5.75 Å². The normalized spacial score (nSPS) is 10.3. The van der Waals surface area contributed by atoms with Gasteiger partial charge in [-0.3, -0.25) is 0 Å². The Labute approximate surface area is 132 Å². The van der Waals surface area contributed by atoms with Crippen molar-refractivity contribution in [3.05, 3.63) is 30.1 Å². The van der Waals surface area contributed by atoms with Crippen molar-refractivity contribution in [1.82, 2.24) is 10.6 Å². The summed E-state index contributed by atoms with van der Waals surface area (Å²) in [5, 5.41) is 5.49. The minimum absolute atomic E-state index is 0.203. The van der Waals surface area contributed by atoms with E-state index in [4.69, 9.17) is 4.74 Å². The summed E-state index contributed by atoms with van der Waals surface area (Å²) in [7, 11) is 0. The van der Waals surface area contributed by atoms with Crippen LogP contribution in [0.4, 0.5) is 9.18 Å². The third-order valence-electron chi connectivity index (χ3n) is 3.30. The Hall–Kier alpha value is -1.78. The highest BCUT2D eigenvalue weighted by atomic mass is 19.1. The molecule has 5 heteroatoms. The summed E-state index contributed by atoms with van der Waals surface area (Å²) in [6.45, 7) is 3.47. The van der Waals surface area contributed by atoms with Gasteiger partial charge < -0.3 is 15.4 Å². The second kappa shape index (κ2) is 11.8. The number of hydrogen-bond acceptors (Lipinski definition) is 2. The first-order valence-corrected chi connectivity index (χ1v) is 8.13. The van der Waals surface area contributed by atoms with Crippen molar-refractivity contribution in [3.8, 4) is 5.75 Å². The SMILES string of the molecule is CCCCCCCCNC(=O)NCCOc1ccccc1F. The molecule has 0 unspecified atom stereocenters. The van der Waals surface area contributed by atoms with Crippen LogP contribution in [0.15, 0.2) is 24.3 Å². The van der Waals surface area contributed by atoms with E-state index in [9.17, 15) is 9.18 Å². The first kappa shape index (κ1) is 18.3. The molecule has 0 aromatic heterocycles. The summed E-state index contributed by atoms with van der Waals surface area (Å²) < 4.78 is 18.5. The maximum atomic E-state index is 13.3. The maximum Gasteiger partial charge on any atom is 0.314 e. The van der Waals surface area contributed by atoms with Gasteiger partial charge in [0.05, 0.1) is 6.54 Å². The van der Waals surface area contributed by atoms with Gasteiger partial charge in [-0.25, -0.2) is 9.18 Å². The fourth-order valence-corrected chi connectivity index (χ4v) is 2.06. The van der Waals surface area contributed by atoms with E-state index in [1.165, 1.54) is 31.7 Å². The molecule has 0 bridgehead atoms. The lowest BCUT2D eigenvalue weighted by Gasteiger charge is -2.09. The Morgan fingerprint density at radius 3 is 2.50 bits per heavy atom. The van der Waals surface area contributed by atoms with Gasteiger partial charge in [-0.15, -0.1) is 0 Å². The summed E-state index contributed by atoms with van der Waals surface area (Å²) in [6, 6.07) is 6.02. The number of para-hydroxylation sites is 1. The monoisotopic (exact) mass is 310 g/mol. The van der Waals surface area contributed by atoms with Crippen LogP contribution >= 0.6 is 0 Å². The van der Waals surface area contributed by atoms with Crippen molar-refractivity contribution >= 4 is 6.03 Å². The molecule has 0 aliphatic carbocycles. The Morgan fingerprint density at radius 1 is 1.05 bits per heavy atom. The van der Waals surface area contributed by atoms with Gasteiger partial charge in [0.2, 0.25) is 0 Å². The fraction of sp³-hybridized carbons (Fsp3) is 0.588. The predicted octanol–water partition coefficient (Wildman–Crippen LogP) is 3.86. The quantitative estimate of drug-likeness (QED) is 0.610. The van der Waals surface area contributed by atoms with E-state index in [0.717, 1.165) is 12.8 Å². The molecule has 0 radical (unpaired) electrons. The van der Waals surface area contributed by atoms with E-state index in [-0.39, 0.29) is 18.4 Å². The molecule has 124 valence electrons. The van der Waals surface area contributed by atoms with E-state index in [1.54, 1.807) is 18.2 Å². The number of nitrogens with one attached hydrogen (secondary N) is 2. The number of hydrogen-bond donors (Lipinski definition) is 2. The summed E-state index contributed by atoms with van der Waals surface area (Å²) in [5.41, 5.74) is 0. The van der Waals surface area contributed by atoms with Gasteiger partial charge in [0.1, 0.15) is 6.61 Å². The molecule has 2 N–H and O–H groups in total. The van der Waals surface area contributed by atoms with E-state index in [2.05, 4.69) is 17.6 Å². The fourth-order valence-electron chi connectivity index (χ4n) is 2.06. The highest BCUT2D eigenvalue weighted by Gasteiger charge is 2.02. The number of urea groups is 1. The molecule has 4 nitrogen and oxygen atoms in total. The van der Waals surface area contributed by atoms with Crippen molar-refractivity contribution in [2.24, 2.45) is 0 Å². The zero-order chi connectivity index (χ0) is 16.0. The van der Waals surface area contributed by atoms with Crippen molar-refractivity contribution in [3.63, 3.8) is 0 Å². The predicted molar refractivity (Wildman–Crippen MR) is 86.7 cm³/mol. The molecule has 0 spiro atoms. The van der Waals surface area contributed by atoms with Gasteiger partial charge in [-0.05, 0) is 18.6 Å². The van der Waals surface area contributed by atoms with Crippen LogP contribution in [0, 0.1) is 5.82 Å². The second-order valence-corrected chi connectivity index (χ2v) is 5.23. The van der Waals surface area contributed by atoms with Crippen LogP contribution in [0.25, 0.3) is 0 Å². The summed E-state index contributed by atoms with van der Waals surface area (Å²) in [4.78, 5) is 11.5. The number of ether oxygens (including phenoxy) is 1. The highest BCUT2D eigenvalue weighted by Crippen LogP contribution is 2.14. The molecule has 1 aromatic rings. The number of carbonyl (C=O) groups excluding carboxylic acids is 1. The third kappa shape index (κ3) is 8.49. The molecule has 0 heterocycles. The second-order valence-electron chi connectivity index (χ2n) is 5.23. The zero-order valence-electron chi connectivity index (χ0n) is 13.4. The first-order valence-electron chi connectivity index (χ1n) is 8.13. The number of carbonyl (C=O) groups is 1. The van der Waals surface area contributed by atoms with Crippen molar-refractivity contribution in [2.45, 2.75) is 45.4 Å². The molecule has 0 aliphatic rings. The Bertz CT molecular complexity index is 427. The summed E-state index contributed by atoms with van der Waals surface area (Å²) >= 11 is 0. The van der Waals surface area contributed by atoms with Crippen LogP contribution in [-0.2, 0) is 0 Å². The molecule has 0 fully saturated rings. The van der Waals surface area contributed by atoms with Crippen LogP contribution in [0.1, 0.15) is 45.4 Å². The Morgan fingerprint density at radius 2 is 1.73 bits per heavy atom. The largest absolute Gasteiger partial charge is 0.489 e. The Kier molecular flexibility index (Phi) is 9.83. The molecular formula is C17H27FN2O2. The van der Waals surface area contributed by atoms with E-state index < -0.39 is 5.82 Å². The average Bonchev–Trinajstić information content (AvgIpc) is 2.52. The van der Waals surface area contributed by atoms with Gasteiger partial charge in [0.15, 0.2) is 11.6 Å². The molecule has 0 aliphatic heterocycles. The van der Waals surface area contributed by atoms with Gasteiger partial charge in [0, 0.05) is 6.54 Å². The number of halogens is 1. The highest BCUT2D eigenvalue weighted by molar-refractivity contribution is 5.73. The van der Waals surface area contributed by atoms with Crippen LogP contribution in [-0.4, -0.2) is 25.7 Å². The minimum Gasteiger partial charge on any atom is -0.489 e. The average molecular weight is 310 g/mol. The summed E-state index contributed by atoms with van der Waals surface area (Å²) in [6.07, 6.45) is 7.19. The standard InChI is InChI=1S/C17H27FN2O2/c1-2-3-4-5-6-9-12-19-17(21)20-13-14-22-16-11-8-7-10-15(16)18/h7-8,10-11H,2-6,9,12-14H2,1H3,(H2,19,20,21).